The minimum absolute atomic E-state index is 0.116. The van der Waals surface area contributed by atoms with Gasteiger partial charge in [-0.25, -0.2) is 0 Å². The molecule has 2 aromatic carbocycles. The van der Waals surface area contributed by atoms with Crippen molar-refractivity contribution in [2.75, 3.05) is 13.2 Å². The number of phenols is 1. The maximum Gasteiger partial charge on any atom is 0.310 e. The molecule has 0 aliphatic heterocycles. The van der Waals surface area contributed by atoms with Crippen molar-refractivity contribution in [1.82, 2.24) is 10.3 Å². The SMILES string of the molecule is N[C@@H](COC(=O)Cc1cc(Cl)cc(S(=O)(=O)O)c1O)C(=O)NCCc1c[nH]c2ccccc12. The van der Waals surface area contributed by atoms with Crippen LogP contribution >= 0.6 is 11.6 Å². The highest BCUT2D eigenvalue weighted by atomic mass is 35.5. The number of phenolic OH excluding ortho intramolecular Hbond substituents is 1. The summed E-state index contributed by atoms with van der Waals surface area (Å²) in [7, 11) is -4.75. The molecule has 0 spiro atoms. The van der Waals surface area contributed by atoms with Gasteiger partial charge in [-0.2, -0.15) is 8.42 Å². The third kappa shape index (κ3) is 6.23. The number of ether oxygens (including phenoxy) is 1. The van der Waals surface area contributed by atoms with Gasteiger partial charge in [0.25, 0.3) is 10.1 Å². The van der Waals surface area contributed by atoms with Crippen LogP contribution in [0.1, 0.15) is 11.1 Å². The number of para-hydroxylation sites is 1. The fraction of sp³-hybridized carbons (Fsp3) is 0.238. The predicted molar refractivity (Wildman–Crippen MR) is 121 cm³/mol. The Morgan fingerprint density at radius 2 is 1.94 bits per heavy atom. The van der Waals surface area contributed by atoms with Gasteiger partial charge in [0, 0.05) is 34.2 Å². The Kier molecular flexibility index (Phi) is 7.59. The van der Waals surface area contributed by atoms with E-state index in [9.17, 15) is 23.1 Å². The number of carbonyl (C=O) groups excluding carboxylic acids is 2. The zero-order valence-electron chi connectivity index (χ0n) is 17.2. The topological polar surface area (TPSA) is 172 Å². The number of halogens is 1. The summed E-state index contributed by atoms with van der Waals surface area (Å²) in [5.41, 5.74) is 7.63. The van der Waals surface area contributed by atoms with Gasteiger partial charge in [-0.3, -0.25) is 14.1 Å². The summed E-state index contributed by atoms with van der Waals surface area (Å²) in [6, 6.07) is 8.65. The number of hydrogen-bond acceptors (Lipinski definition) is 7. The van der Waals surface area contributed by atoms with Crippen molar-refractivity contribution >= 4 is 44.5 Å². The lowest BCUT2D eigenvalue weighted by Gasteiger charge is -2.13. The highest BCUT2D eigenvalue weighted by molar-refractivity contribution is 7.86. The van der Waals surface area contributed by atoms with Gasteiger partial charge in [0.2, 0.25) is 5.91 Å². The first-order valence-corrected chi connectivity index (χ1v) is 11.6. The molecule has 1 heterocycles. The molecular formula is C21H22ClN3O7S. The Hall–Kier alpha value is -3.12. The Morgan fingerprint density at radius 1 is 1.21 bits per heavy atom. The summed E-state index contributed by atoms with van der Waals surface area (Å²) in [5, 5.41) is 13.6. The number of aromatic nitrogens is 1. The van der Waals surface area contributed by atoms with Crippen LogP contribution in [0, 0.1) is 0 Å². The fourth-order valence-electron chi connectivity index (χ4n) is 3.21. The van der Waals surface area contributed by atoms with E-state index in [0.717, 1.165) is 28.6 Å². The van der Waals surface area contributed by atoms with E-state index in [-0.39, 0.29) is 10.6 Å². The van der Waals surface area contributed by atoms with Crippen LogP contribution in [0.4, 0.5) is 0 Å². The second kappa shape index (κ2) is 10.2. The van der Waals surface area contributed by atoms with E-state index < -0.39 is 51.7 Å². The van der Waals surface area contributed by atoms with Crippen molar-refractivity contribution in [2.24, 2.45) is 5.73 Å². The molecule has 1 amide bonds. The molecule has 0 bridgehead atoms. The third-order valence-electron chi connectivity index (χ3n) is 4.86. The molecule has 0 saturated heterocycles. The van der Waals surface area contributed by atoms with Gasteiger partial charge in [0.1, 0.15) is 23.3 Å². The van der Waals surface area contributed by atoms with Crippen LogP contribution in [0.2, 0.25) is 5.02 Å². The van der Waals surface area contributed by atoms with Gasteiger partial charge in [0.15, 0.2) is 0 Å². The number of hydrogen-bond donors (Lipinski definition) is 5. The van der Waals surface area contributed by atoms with Gasteiger partial charge in [-0.15, -0.1) is 0 Å². The average Bonchev–Trinajstić information content (AvgIpc) is 3.16. The van der Waals surface area contributed by atoms with Crippen LogP contribution in [0.3, 0.4) is 0 Å². The highest BCUT2D eigenvalue weighted by Crippen LogP contribution is 2.31. The zero-order chi connectivity index (χ0) is 24.2. The van der Waals surface area contributed by atoms with Crippen LogP contribution in [0.25, 0.3) is 10.9 Å². The summed E-state index contributed by atoms with van der Waals surface area (Å²) >= 11 is 5.78. The molecule has 0 radical (unpaired) electrons. The Labute approximate surface area is 194 Å². The number of fused-ring (bicyclic) bond motifs is 1. The molecular weight excluding hydrogens is 474 g/mol. The molecule has 3 aromatic rings. The molecule has 10 nitrogen and oxygen atoms in total. The number of carbonyl (C=O) groups is 2. The molecule has 0 aliphatic rings. The molecule has 3 rings (SSSR count). The number of benzene rings is 2. The number of aromatic amines is 1. The second-order valence-corrected chi connectivity index (χ2v) is 9.08. The van der Waals surface area contributed by atoms with Crippen LogP contribution < -0.4 is 11.1 Å². The van der Waals surface area contributed by atoms with Gasteiger partial charge < -0.3 is 25.9 Å². The van der Waals surface area contributed by atoms with Crippen LogP contribution in [-0.4, -0.2) is 54.1 Å². The largest absolute Gasteiger partial charge is 0.506 e. The molecule has 176 valence electrons. The lowest BCUT2D eigenvalue weighted by molar-refractivity contribution is -0.144. The van der Waals surface area contributed by atoms with E-state index in [1.165, 1.54) is 0 Å². The van der Waals surface area contributed by atoms with E-state index >= 15 is 0 Å². The maximum absolute atomic E-state index is 12.2. The minimum Gasteiger partial charge on any atom is -0.506 e. The molecule has 1 atom stereocenters. The quantitative estimate of drug-likeness (QED) is 0.219. The molecule has 0 aliphatic carbocycles. The first-order chi connectivity index (χ1) is 15.6. The van der Waals surface area contributed by atoms with Crippen LogP contribution in [0.15, 0.2) is 47.5 Å². The van der Waals surface area contributed by atoms with Crippen LogP contribution in [-0.2, 0) is 37.3 Å². The van der Waals surface area contributed by atoms with E-state index in [1.54, 1.807) is 0 Å². The fourth-order valence-corrected chi connectivity index (χ4v) is 4.17. The first kappa shape index (κ1) is 24.5. The highest BCUT2D eigenvalue weighted by Gasteiger charge is 2.22. The van der Waals surface area contributed by atoms with Crippen molar-refractivity contribution in [3.05, 3.63) is 58.7 Å². The Morgan fingerprint density at radius 3 is 2.67 bits per heavy atom. The number of H-pyrrole nitrogens is 1. The van der Waals surface area contributed by atoms with Crippen molar-refractivity contribution in [1.29, 1.82) is 0 Å². The van der Waals surface area contributed by atoms with E-state index in [0.29, 0.717) is 13.0 Å². The van der Waals surface area contributed by atoms with Gasteiger partial charge in [-0.05, 0) is 30.2 Å². The summed E-state index contributed by atoms with van der Waals surface area (Å²) in [6.07, 6.45) is 1.90. The van der Waals surface area contributed by atoms with Gasteiger partial charge in [-0.1, -0.05) is 29.8 Å². The summed E-state index contributed by atoms with van der Waals surface area (Å²) in [6.45, 7) is -0.0959. The van der Waals surface area contributed by atoms with Crippen molar-refractivity contribution < 1.29 is 32.4 Å². The number of nitrogens with one attached hydrogen (secondary N) is 2. The number of rotatable bonds is 9. The smallest absolute Gasteiger partial charge is 0.310 e. The molecule has 1 aromatic heterocycles. The van der Waals surface area contributed by atoms with Crippen molar-refractivity contribution in [3.8, 4) is 5.75 Å². The zero-order valence-corrected chi connectivity index (χ0v) is 18.8. The first-order valence-electron chi connectivity index (χ1n) is 9.79. The molecule has 6 N–H and O–H groups in total. The Balaban J connectivity index is 1.49. The predicted octanol–water partition coefficient (Wildman–Crippen LogP) is 1.55. The van der Waals surface area contributed by atoms with E-state index in [1.807, 2.05) is 30.5 Å². The monoisotopic (exact) mass is 495 g/mol. The van der Waals surface area contributed by atoms with Gasteiger partial charge in [0.05, 0.1) is 6.42 Å². The summed E-state index contributed by atoms with van der Waals surface area (Å²) < 4.78 is 36.7. The van der Waals surface area contributed by atoms with Crippen molar-refractivity contribution in [2.45, 2.75) is 23.8 Å². The summed E-state index contributed by atoms with van der Waals surface area (Å²) in [5.74, 6) is -2.21. The molecule has 12 heteroatoms. The lowest BCUT2D eigenvalue weighted by atomic mass is 10.1. The molecule has 0 fully saturated rings. The maximum atomic E-state index is 12.2. The molecule has 0 saturated carbocycles. The van der Waals surface area contributed by atoms with Crippen LogP contribution in [0.5, 0.6) is 5.75 Å². The lowest BCUT2D eigenvalue weighted by Crippen LogP contribution is -2.44. The standard InChI is InChI=1S/C21H22ClN3O7S/c22-14-7-13(20(27)18(9-14)33(29,30)31)8-19(26)32-11-16(23)21(28)24-6-5-12-10-25-17-4-2-1-3-15(12)17/h1-4,7,9-10,16,25,27H,5-6,8,11,23H2,(H,24,28)(H,29,30,31)/t16-/m0/s1. The number of nitrogens with two attached hydrogens (primary N) is 1. The Bertz CT molecular complexity index is 1290. The van der Waals surface area contributed by atoms with E-state index in [4.69, 9.17) is 26.6 Å². The van der Waals surface area contributed by atoms with Crippen molar-refractivity contribution in [3.63, 3.8) is 0 Å². The number of esters is 1. The number of aromatic hydroxyl groups is 1. The third-order valence-corrected chi connectivity index (χ3v) is 5.95. The number of amides is 1. The minimum atomic E-state index is -4.75. The molecule has 33 heavy (non-hydrogen) atoms. The van der Waals surface area contributed by atoms with Gasteiger partial charge >= 0.3 is 5.97 Å². The second-order valence-electron chi connectivity index (χ2n) is 7.25. The molecule has 0 unspecified atom stereocenters. The van der Waals surface area contributed by atoms with E-state index in [2.05, 4.69) is 10.3 Å². The normalized spacial score (nSPS) is 12.5. The summed E-state index contributed by atoms with van der Waals surface area (Å²) in [4.78, 5) is 26.6. The average molecular weight is 496 g/mol.